The van der Waals surface area contributed by atoms with Gasteiger partial charge < -0.3 is 81.5 Å². The van der Waals surface area contributed by atoms with Crippen molar-refractivity contribution in [2.45, 2.75) is 0 Å². The minimum Gasteiger partial charge on any atom is -0.504 e. The molecule has 3 aromatic rings. The smallest absolute Gasteiger partial charge is 0.255 e. The maximum Gasteiger partial charge on any atom is 0.255 e. The van der Waals surface area contributed by atoms with Gasteiger partial charge in [0.05, 0.1) is 73.0 Å². The molecule has 12 N–H and O–H groups in total. The highest BCUT2D eigenvalue weighted by Gasteiger charge is 2.23. The van der Waals surface area contributed by atoms with Crippen LogP contribution in [0.25, 0.3) is 0 Å². The molecule has 0 heterocycles. The summed E-state index contributed by atoms with van der Waals surface area (Å²) >= 11 is 0. The van der Waals surface area contributed by atoms with Gasteiger partial charge in [-0.1, -0.05) is 0 Å². The van der Waals surface area contributed by atoms with Crippen molar-refractivity contribution in [2.75, 3.05) is 93.1 Å². The van der Waals surface area contributed by atoms with Crippen LogP contribution in [0.3, 0.4) is 0 Å². The predicted molar refractivity (Wildman–Crippen MR) is 209 cm³/mol. The van der Waals surface area contributed by atoms with Gasteiger partial charge in [-0.25, -0.2) is 0 Å². The first-order chi connectivity index (χ1) is 28.7. The molecular formula is C38H48N6O16. The van der Waals surface area contributed by atoms with Crippen molar-refractivity contribution < 1.29 is 78.4 Å². The first-order valence-corrected chi connectivity index (χ1v) is 18.2. The van der Waals surface area contributed by atoms with Crippen molar-refractivity contribution >= 4 is 35.4 Å². The van der Waals surface area contributed by atoms with Crippen LogP contribution >= 0.6 is 0 Å². The number of carbonyl (C=O) groups excluding carboxylic acids is 6. The highest BCUT2D eigenvalue weighted by atomic mass is 16.5. The van der Waals surface area contributed by atoms with E-state index in [1.54, 1.807) is 0 Å². The Morgan fingerprint density at radius 1 is 0.350 bits per heavy atom. The van der Waals surface area contributed by atoms with Gasteiger partial charge in [0.15, 0.2) is 34.5 Å². The van der Waals surface area contributed by atoms with E-state index in [-0.39, 0.29) is 112 Å². The molecule has 0 saturated heterocycles. The van der Waals surface area contributed by atoms with E-state index in [2.05, 4.69) is 31.9 Å². The molecule has 0 aliphatic heterocycles. The van der Waals surface area contributed by atoms with Crippen LogP contribution in [0.15, 0.2) is 36.4 Å². The molecule has 0 atom stereocenters. The Labute approximate surface area is 342 Å². The van der Waals surface area contributed by atoms with Gasteiger partial charge in [0.1, 0.15) is 0 Å². The van der Waals surface area contributed by atoms with Crippen LogP contribution < -0.4 is 31.9 Å². The molecule has 0 unspecified atom stereocenters. The molecule has 22 nitrogen and oxygen atoms in total. The van der Waals surface area contributed by atoms with E-state index < -0.39 is 69.9 Å². The molecule has 3 aromatic carbocycles. The quantitative estimate of drug-likeness (QED) is 0.0381. The summed E-state index contributed by atoms with van der Waals surface area (Å²) in [6.07, 6.45) is 0. The summed E-state index contributed by atoms with van der Waals surface area (Å²) in [6, 6.07) is 6.97. The maximum absolute atomic E-state index is 12.6. The molecule has 0 aliphatic rings. The zero-order chi connectivity index (χ0) is 44.2. The third-order valence-electron chi connectivity index (χ3n) is 8.23. The topological polar surface area (TPSA) is 333 Å². The summed E-state index contributed by atoms with van der Waals surface area (Å²) < 4.78 is 20.4. The Morgan fingerprint density at radius 3 is 0.683 bits per heavy atom. The van der Waals surface area contributed by atoms with Gasteiger partial charge >= 0.3 is 0 Å². The van der Waals surface area contributed by atoms with Crippen molar-refractivity contribution in [2.24, 2.45) is 0 Å². The van der Waals surface area contributed by atoms with E-state index in [0.717, 1.165) is 12.1 Å². The highest BCUT2D eigenvalue weighted by Crippen LogP contribution is 2.34. The summed E-state index contributed by atoms with van der Waals surface area (Å²) in [6.45, 7) is 0.581. The van der Waals surface area contributed by atoms with E-state index in [4.69, 9.17) is 18.9 Å². The van der Waals surface area contributed by atoms with Crippen LogP contribution in [0.1, 0.15) is 62.1 Å². The van der Waals surface area contributed by atoms with Crippen molar-refractivity contribution in [1.29, 1.82) is 0 Å². The fraction of sp³-hybridized carbons (Fsp3) is 0.368. The zero-order valence-electron chi connectivity index (χ0n) is 32.7. The Kier molecular flexibility index (Phi) is 19.1. The molecule has 60 heavy (non-hydrogen) atoms. The van der Waals surface area contributed by atoms with Crippen LogP contribution in [0.4, 0.5) is 0 Å². The SMILES string of the molecule is COCCNC(=O)c1ccc(C(=O)NCCOCCNC(=O)c2ccc(C(=O)NCCOCCNC(=O)c3ccc(C(=O)NCCOC)c(O)c3O)c(O)c2O)c(O)c1O. The van der Waals surface area contributed by atoms with Crippen LogP contribution in [0.5, 0.6) is 34.5 Å². The summed E-state index contributed by atoms with van der Waals surface area (Å²) in [5, 5.41) is 76.6. The lowest BCUT2D eigenvalue weighted by molar-refractivity contribution is 0.0874. The van der Waals surface area contributed by atoms with Gasteiger partial charge in [0.2, 0.25) is 0 Å². The number of aromatic hydroxyl groups is 6. The number of nitrogens with one attached hydrogen (secondary N) is 6. The second-order valence-electron chi connectivity index (χ2n) is 12.3. The molecule has 22 heteroatoms. The molecule has 6 amide bonds. The summed E-state index contributed by atoms with van der Waals surface area (Å²) in [4.78, 5) is 74.5. The summed E-state index contributed by atoms with van der Waals surface area (Å²) in [5.41, 5.74) is -1.67. The molecular weight excluding hydrogens is 796 g/mol. The number of amides is 6. The lowest BCUT2D eigenvalue weighted by Crippen LogP contribution is -2.31. The second kappa shape index (κ2) is 24.1. The largest absolute Gasteiger partial charge is 0.504 e. The van der Waals surface area contributed by atoms with Gasteiger partial charge in [0, 0.05) is 53.5 Å². The van der Waals surface area contributed by atoms with E-state index in [1.807, 2.05) is 0 Å². The van der Waals surface area contributed by atoms with Crippen molar-refractivity contribution in [1.82, 2.24) is 31.9 Å². The predicted octanol–water partition coefficient (Wildman–Crippen LogP) is -0.975. The van der Waals surface area contributed by atoms with Gasteiger partial charge in [0.25, 0.3) is 35.4 Å². The van der Waals surface area contributed by atoms with Crippen LogP contribution in [0.2, 0.25) is 0 Å². The minimum absolute atomic E-state index is 0.0156. The Bertz CT molecular complexity index is 1870. The third-order valence-corrected chi connectivity index (χ3v) is 8.23. The van der Waals surface area contributed by atoms with E-state index in [0.29, 0.717) is 0 Å². The van der Waals surface area contributed by atoms with E-state index in [9.17, 15) is 59.4 Å². The number of benzene rings is 3. The lowest BCUT2D eigenvalue weighted by atomic mass is 10.1. The average Bonchev–Trinajstić information content (AvgIpc) is 3.22. The number of rotatable bonds is 24. The Balaban J connectivity index is 1.33. The number of methoxy groups -OCH3 is 2. The highest BCUT2D eigenvalue weighted by molar-refractivity contribution is 6.04. The summed E-state index contributed by atoms with van der Waals surface area (Å²) in [7, 11) is 2.90. The van der Waals surface area contributed by atoms with Crippen LogP contribution in [-0.4, -0.2) is 159 Å². The molecule has 0 bridgehead atoms. The van der Waals surface area contributed by atoms with E-state index in [1.165, 1.54) is 38.5 Å². The first kappa shape index (κ1) is 47.5. The first-order valence-electron chi connectivity index (χ1n) is 18.2. The number of hydrogen-bond donors (Lipinski definition) is 12. The van der Waals surface area contributed by atoms with E-state index >= 15 is 0 Å². The molecule has 3 rings (SSSR count). The molecule has 0 aromatic heterocycles. The molecule has 0 fully saturated rings. The maximum atomic E-state index is 12.6. The molecule has 0 aliphatic carbocycles. The Morgan fingerprint density at radius 2 is 0.517 bits per heavy atom. The molecule has 0 spiro atoms. The number of phenolic OH excluding ortho intramolecular Hbond substituents is 6. The number of carbonyl (C=O) groups is 6. The lowest BCUT2D eigenvalue weighted by Gasteiger charge is -2.13. The van der Waals surface area contributed by atoms with Gasteiger partial charge in [-0.3, -0.25) is 28.8 Å². The van der Waals surface area contributed by atoms with Gasteiger partial charge in [-0.2, -0.15) is 0 Å². The molecule has 326 valence electrons. The van der Waals surface area contributed by atoms with Crippen LogP contribution in [0, 0.1) is 0 Å². The normalized spacial score (nSPS) is 10.7. The average molecular weight is 845 g/mol. The number of hydrogen-bond acceptors (Lipinski definition) is 16. The van der Waals surface area contributed by atoms with Crippen molar-refractivity contribution in [3.63, 3.8) is 0 Å². The fourth-order valence-corrected chi connectivity index (χ4v) is 5.09. The third kappa shape index (κ3) is 13.3. The number of phenols is 6. The summed E-state index contributed by atoms with van der Waals surface area (Å²) in [5.74, 6) is -9.19. The van der Waals surface area contributed by atoms with Crippen molar-refractivity contribution in [3.05, 3.63) is 69.8 Å². The van der Waals surface area contributed by atoms with Crippen LogP contribution in [-0.2, 0) is 18.9 Å². The van der Waals surface area contributed by atoms with Gasteiger partial charge in [-0.05, 0) is 36.4 Å². The Hall–Kier alpha value is -6.88. The fourth-order valence-electron chi connectivity index (χ4n) is 5.09. The zero-order valence-corrected chi connectivity index (χ0v) is 32.7. The second-order valence-corrected chi connectivity index (χ2v) is 12.3. The molecule has 0 saturated carbocycles. The van der Waals surface area contributed by atoms with Gasteiger partial charge in [-0.15, -0.1) is 0 Å². The number of ether oxygens (including phenoxy) is 4. The monoisotopic (exact) mass is 844 g/mol. The minimum atomic E-state index is -0.843. The standard InChI is InChI=1S/C38H48N6O16/c1-57-15-9-39-33(51)21-3-5-23(29(47)27(21)45)35(53)41-11-17-59-19-13-43-37(55)25-7-8-26(32(50)31(25)49)38(56)44-14-20-60-18-12-42-36(54)24-6-4-22(28(46)30(24)48)34(52)40-10-16-58-2/h3-8,45-50H,9-20H2,1-2H3,(H,39,51)(H,40,52)(H,41,53)(H,42,54)(H,43,55)(H,44,56). The molecule has 0 radical (unpaired) electrons. The van der Waals surface area contributed by atoms with Crippen molar-refractivity contribution in [3.8, 4) is 34.5 Å².